The third-order valence-electron chi connectivity index (χ3n) is 10.7. The van der Waals surface area contributed by atoms with Crippen LogP contribution in [0.2, 0.25) is 0 Å². The molecule has 0 bridgehead atoms. The summed E-state index contributed by atoms with van der Waals surface area (Å²) >= 11 is 5.47. The van der Waals surface area contributed by atoms with Crippen molar-refractivity contribution in [2.75, 3.05) is 0 Å². The number of hydrogen-bond acceptors (Lipinski definition) is 5. The predicted octanol–water partition coefficient (Wildman–Crippen LogP) is 13.5. The van der Waals surface area contributed by atoms with Crippen LogP contribution in [-0.2, 0) is 0 Å². The topological polar surface area (TPSA) is 30.7 Å². The van der Waals surface area contributed by atoms with E-state index in [2.05, 4.69) is 132 Å². The van der Waals surface area contributed by atoms with Crippen LogP contribution >= 0.6 is 34.0 Å². The Labute approximate surface area is 295 Å². The van der Waals surface area contributed by atoms with Gasteiger partial charge in [-0.15, -0.1) is 34.0 Å². The smallest absolute Gasteiger partial charge is 0.166 e. The molecule has 3 nitrogen and oxygen atoms in total. The highest BCUT2D eigenvalue weighted by molar-refractivity contribution is 7.26. The van der Waals surface area contributed by atoms with Crippen molar-refractivity contribution >= 4 is 127 Å². The van der Waals surface area contributed by atoms with Crippen LogP contribution in [0.4, 0.5) is 0 Å². The van der Waals surface area contributed by atoms with Crippen LogP contribution in [0.25, 0.3) is 122 Å². The lowest BCUT2D eigenvalue weighted by Crippen LogP contribution is -2.03. The predicted molar refractivity (Wildman–Crippen MR) is 217 cm³/mol. The summed E-state index contributed by atoms with van der Waals surface area (Å²) in [7, 11) is 0. The number of fused-ring (bicyclic) bond motifs is 7. The van der Waals surface area contributed by atoms with Gasteiger partial charge in [-0.1, -0.05) is 84.9 Å². The molecule has 50 heavy (non-hydrogen) atoms. The van der Waals surface area contributed by atoms with Gasteiger partial charge < -0.3 is 0 Å². The van der Waals surface area contributed by atoms with Crippen molar-refractivity contribution < 1.29 is 0 Å². The van der Waals surface area contributed by atoms with Crippen LogP contribution in [-0.4, -0.2) is 14.5 Å². The first kappa shape index (κ1) is 26.2. The fraction of sp³-hybridized carbons (Fsp3) is 0. The molecule has 7 aromatic carbocycles. The van der Waals surface area contributed by atoms with Gasteiger partial charge in [0.1, 0.15) is 16.0 Å². The van der Waals surface area contributed by atoms with Crippen LogP contribution in [0.3, 0.4) is 0 Å². The standard InChI is InChI=1S/C44H21N3S3/c1-3-12-31-24(8-1)25-17-15-23(21-35(25)48-31)41-43(46-44-42(45-41)28-9-2-4-13-32(28)50-44)47-29-18-16-22-7-5-10-26-27-11-6-14-33-37(27)40-34(49-33)20-19-30(47)39(40)38(29)36(22)26/h1-21H. The molecule has 0 amide bonds. The highest BCUT2D eigenvalue weighted by Gasteiger charge is 2.27. The highest BCUT2D eigenvalue weighted by atomic mass is 32.1. The summed E-state index contributed by atoms with van der Waals surface area (Å²) in [6.07, 6.45) is 0. The Balaban J connectivity index is 1.23. The first-order chi connectivity index (χ1) is 24.8. The summed E-state index contributed by atoms with van der Waals surface area (Å²) in [6.45, 7) is 0. The second-order valence-electron chi connectivity index (χ2n) is 13.3. The van der Waals surface area contributed by atoms with Gasteiger partial charge in [-0.3, -0.25) is 4.57 Å². The molecule has 12 aromatic rings. The van der Waals surface area contributed by atoms with Crippen molar-refractivity contribution in [1.82, 2.24) is 14.5 Å². The van der Waals surface area contributed by atoms with Crippen molar-refractivity contribution in [2.24, 2.45) is 0 Å². The molecule has 5 aromatic heterocycles. The monoisotopic (exact) mass is 687 g/mol. The van der Waals surface area contributed by atoms with E-state index in [1.807, 2.05) is 22.7 Å². The molecule has 1 aliphatic carbocycles. The first-order valence-corrected chi connectivity index (χ1v) is 19.2. The lowest BCUT2D eigenvalue weighted by atomic mass is 9.95. The SMILES string of the molecule is c1cc2c3c(c1)ccc1c3c3c4c(ccc3n1-c1nc3sc5ccccc5c3nc1-c1ccc3c(c1)sc1ccccc13)sc1cccc-2c14. The van der Waals surface area contributed by atoms with E-state index in [1.54, 1.807) is 11.3 Å². The van der Waals surface area contributed by atoms with Crippen LogP contribution < -0.4 is 0 Å². The number of nitrogens with zero attached hydrogens (tertiary/aromatic N) is 3. The van der Waals surface area contributed by atoms with E-state index in [4.69, 9.17) is 9.97 Å². The second kappa shape index (κ2) is 9.11. The number of thiophene rings is 3. The molecule has 0 unspecified atom stereocenters. The summed E-state index contributed by atoms with van der Waals surface area (Å²) in [5.74, 6) is 0.876. The maximum Gasteiger partial charge on any atom is 0.166 e. The molecule has 0 atom stereocenters. The largest absolute Gasteiger partial charge is 0.292 e. The molecule has 0 aliphatic heterocycles. The Bertz CT molecular complexity index is 3500. The Kier molecular flexibility index (Phi) is 4.78. The summed E-state index contributed by atoms with van der Waals surface area (Å²) < 4.78 is 8.84. The molecular weight excluding hydrogens is 667 g/mol. The van der Waals surface area contributed by atoms with E-state index in [0.29, 0.717) is 0 Å². The molecule has 1 aliphatic rings. The second-order valence-corrected chi connectivity index (χ2v) is 16.5. The molecule has 0 fully saturated rings. The average Bonchev–Trinajstić information content (AvgIpc) is 3.89. The average molecular weight is 688 g/mol. The van der Waals surface area contributed by atoms with E-state index >= 15 is 0 Å². The summed E-state index contributed by atoms with van der Waals surface area (Å²) in [4.78, 5) is 12.1. The van der Waals surface area contributed by atoms with Gasteiger partial charge in [0.2, 0.25) is 0 Å². The van der Waals surface area contributed by atoms with E-state index in [1.165, 1.54) is 88.7 Å². The zero-order valence-corrected chi connectivity index (χ0v) is 28.6. The van der Waals surface area contributed by atoms with Gasteiger partial charge in [0.25, 0.3) is 0 Å². The van der Waals surface area contributed by atoms with Crippen LogP contribution in [0.15, 0.2) is 127 Å². The quantitative estimate of drug-likeness (QED) is 0.181. The van der Waals surface area contributed by atoms with Gasteiger partial charge >= 0.3 is 0 Å². The van der Waals surface area contributed by atoms with Crippen molar-refractivity contribution in [3.8, 4) is 28.2 Å². The number of rotatable bonds is 2. The fourth-order valence-corrected chi connectivity index (χ4v) is 12.0. The van der Waals surface area contributed by atoms with Gasteiger partial charge in [0.15, 0.2) is 5.82 Å². The summed E-state index contributed by atoms with van der Waals surface area (Å²) in [5, 5.41) is 11.7. The van der Waals surface area contributed by atoms with Crippen LogP contribution in [0.5, 0.6) is 0 Å². The Hall–Kier alpha value is -5.66. The van der Waals surface area contributed by atoms with Crippen LogP contribution in [0, 0.1) is 0 Å². The van der Waals surface area contributed by atoms with Crippen molar-refractivity contribution in [2.45, 2.75) is 0 Å². The lowest BCUT2D eigenvalue weighted by molar-refractivity contribution is 1.09. The van der Waals surface area contributed by atoms with Crippen molar-refractivity contribution in [1.29, 1.82) is 0 Å². The number of aromatic nitrogens is 3. The van der Waals surface area contributed by atoms with E-state index < -0.39 is 0 Å². The Morgan fingerprint density at radius 1 is 0.440 bits per heavy atom. The van der Waals surface area contributed by atoms with Crippen molar-refractivity contribution in [3.05, 3.63) is 127 Å². The van der Waals surface area contributed by atoms with Gasteiger partial charge in [0.05, 0.1) is 11.0 Å². The molecule has 0 saturated heterocycles. The minimum absolute atomic E-state index is 0.876. The third kappa shape index (κ3) is 3.16. The third-order valence-corrected chi connectivity index (χ3v) is 14.1. The van der Waals surface area contributed by atoms with Crippen LogP contribution in [0.1, 0.15) is 0 Å². The summed E-state index contributed by atoms with van der Waals surface area (Å²) in [6, 6.07) is 46.9. The molecule has 0 N–H and O–H groups in total. The lowest BCUT2D eigenvalue weighted by Gasteiger charge is -2.14. The van der Waals surface area contributed by atoms with E-state index in [9.17, 15) is 0 Å². The zero-order valence-electron chi connectivity index (χ0n) is 26.2. The maximum atomic E-state index is 5.60. The fourth-order valence-electron chi connectivity index (χ4n) is 8.69. The highest BCUT2D eigenvalue weighted by Crippen LogP contribution is 2.52. The molecule has 0 saturated carbocycles. The number of hydrogen-bond donors (Lipinski definition) is 0. The minimum atomic E-state index is 0.876. The molecule has 230 valence electrons. The van der Waals surface area contributed by atoms with Gasteiger partial charge in [-0.05, 0) is 64.4 Å². The Morgan fingerprint density at radius 2 is 1.12 bits per heavy atom. The first-order valence-electron chi connectivity index (χ1n) is 16.7. The molecule has 0 radical (unpaired) electrons. The summed E-state index contributed by atoms with van der Waals surface area (Å²) in [5.41, 5.74) is 7.91. The maximum absolute atomic E-state index is 5.60. The van der Waals surface area contributed by atoms with E-state index in [-0.39, 0.29) is 0 Å². The van der Waals surface area contributed by atoms with Gasteiger partial charge in [-0.2, -0.15) is 0 Å². The molecule has 0 spiro atoms. The van der Waals surface area contributed by atoms with E-state index in [0.717, 1.165) is 32.8 Å². The molecule has 5 heterocycles. The molecule has 13 rings (SSSR count). The zero-order chi connectivity index (χ0) is 32.2. The molecule has 6 heteroatoms. The van der Waals surface area contributed by atoms with Crippen molar-refractivity contribution in [3.63, 3.8) is 0 Å². The van der Waals surface area contributed by atoms with Gasteiger partial charge in [-0.25, -0.2) is 9.97 Å². The van der Waals surface area contributed by atoms with Gasteiger partial charge in [0, 0.05) is 66.8 Å². The normalized spacial score (nSPS) is 12.8. The molecular formula is C44H21N3S3. The number of benzene rings is 7. The minimum Gasteiger partial charge on any atom is -0.292 e. The Morgan fingerprint density at radius 3 is 2.02 bits per heavy atom.